The van der Waals surface area contributed by atoms with Crippen LogP contribution in [0.1, 0.15) is 29.3 Å². The van der Waals surface area contributed by atoms with Crippen molar-refractivity contribution in [2.45, 2.75) is 26.2 Å². The van der Waals surface area contributed by atoms with E-state index >= 15 is 0 Å². The zero-order valence-electron chi connectivity index (χ0n) is 10.6. The van der Waals surface area contributed by atoms with Crippen LogP contribution in [0.25, 0.3) is 0 Å². The zero-order valence-corrected chi connectivity index (χ0v) is 11.4. The molecule has 1 aromatic heterocycles. The third-order valence-electron chi connectivity index (χ3n) is 3.15. The van der Waals surface area contributed by atoms with Gasteiger partial charge in [-0.1, -0.05) is 6.92 Å². The topological polar surface area (TPSA) is 62.1 Å². The molecule has 4 nitrogen and oxygen atoms in total. The van der Waals surface area contributed by atoms with E-state index in [-0.39, 0.29) is 12.5 Å². The summed E-state index contributed by atoms with van der Waals surface area (Å²) in [6.45, 7) is 2.24. The van der Waals surface area contributed by atoms with Crippen molar-refractivity contribution in [2.75, 3.05) is 19.0 Å². The first kappa shape index (κ1) is 13.1. The summed E-state index contributed by atoms with van der Waals surface area (Å²) in [6, 6.07) is 2.22. The van der Waals surface area contributed by atoms with Gasteiger partial charge in [-0.3, -0.25) is 4.79 Å². The second-order valence-electron chi connectivity index (χ2n) is 4.65. The van der Waals surface area contributed by atoms with Gasteiger partial charge in [0.1, 0.15) is 17.7 Å². The third-order valence-corrected chi connectivity index (χ3v) is 4.32. The van der Waals surface area contributed by atoms with E-state index in [0.29, 0.717) is 16.5 Å². The van der Waals surface area contributed by atoms with Crippen LogP contribution in [0.4, 0.5) is 5.00 Å². The van der Waals surface area contributed by atoms with E-state index in [4.69, 9.17) is 4.74 Å². The minimum atomic E-state index is -0.208. The number of thiophene rings is 1. The molecular formula is C13H16N2O2S. The van der Waals surface area contributed by atoms with Gasteiger partial charge in [0.05, 0.1) is 5.56 Å². The lowest BCUT2D eigenvalue weighted by atomic mass is 9.89. The van der Waals surface area contributed by atoms with E-state index in [1.165, 1.54) is 23.3 Å². The van der Waals surface area contributed by atoms with Crippen LogP contribution < -0.4 is 5.32 Å². The number of ether oxygens (including phenoxy) is 1. The maximum absolute atomic E-state index is 11.5. The summed E-state index contributed by atoms with van der Waals surface area (Å²) in [5, 5.41) is 12.7. The third kappa shape index (κ3) is 2.55. The molecule has 18 heavy (non-hydrogen) atoms. The summed E-state index contributed by atoms with van der Waals surface area (Å²) in [7, 11) is 1.48. The number of hydrogen-bond donors (Lipinski definition) is 1. The minimum absolute atomic E-state index is 0.0177. The summed E-state index contributed by atoms with van der Waals surface area (Å²) in [5.74, 6) is 0.450. The molecule has 0 spiro atoms. The molecule has 0 unspecified atom stereocenters. The standard InChI is InChI=1S/C13H16N2O2S/c1-8-3-4-9-10(6-14)13(18-11(9)5-8)15-12(16)7-17-2/h8H,3-5,7H2,1-2H3,(H,15,16)/t8-/m1/s1. The Kier molecular flexibility index (Phi) is 4.00. The molecule has 0 fully saturated rings. The van der Waals surface area contributed by atoms with Gasteiger partial charge in [0.15, 0.2) is 0 Å². The van der Waals surface area contributed by atoms with E-state index < -0.39 is 0 Å². The number of nitrogens with zero attached hydrogens (tertiary/aromatic N) is 1. The second kappa shape index (κ2) is 5.51. The highest BCUT2D eigenvalue weighted by Crippen LogP contribution is 2.39. The van der Waals surface area contributed by atoms with Crippen molar-refractivity contribution < 1.29 is 9.53 Å². The first-order chi connectivity index (χ1) is 8.65. The van der Waals surface area contributed by atoms with Gasteiger partial charge in [-0.25, -0.2) is 0 Å². The fourth-order valence-electron chi connectivity index (χ4n) is 2.25. The van der Waals surface area contributed by atoms with Crippen molar-refractivity contribution >= 4 is 22.2 Å². The molecule has 1 aliphatic carbocycles. The summed E-state index contributed by atoms with van der Waals surface area (Å²) in [5.41, 5.74) is 1.78. The zero-order chi connectivity index (χ0) is 13.1. The van der Waals surface area contributed by atoms with Crippen LogP contribution in [0, 0.1) is 17.2 Å². The Morgan fingerprint density at radius 1 is 1.67 bits per heavy atom. The molecule has 1 aromatic rings. The van der Waals surface area contributed by atoms with E-state index in [1.807, 2.05) is 0 Å². The van der Waals surface area contributed by atoms with Gasteiger partial charge in [-0.2, -0.15) is 5.26 Å². The molecule has 96 valence electrons. The number of nitrogens with one attached hydrogen (secondary N) is 1. The fourth-order valence-corrected chi connectivity index (χ4v) is 3.63. The van der Waals surface area contributed by atoms with Crippen LogP contribution in [-0.4, -0.2) is 19.6 Å². The minimum Gasteiger partial charge on any atom is -0.375 e. The highest BCUT2D eigenvalue weighted by Gasteiger charge is 2.24. The SMILES string of the molecule is COCC(=O)Nc1sc2c(c1C#N)CC[C@@H](C)C2. The molecule has 5 heteroatoms. The Labute approximate surface area is 111 Å². The van der Waals surface area contributed by atoms with Crippen LogP contribution in [0.5, 0.6) is 0 Å². The molecular weight excluding hydrogens is 248 g/mol. The highest BCUT2D eigenvalue weighted by molar-refractivity contribution is 7.16. The number of amides is 1. The van der Waals surface area contributed by atoms with E-state index in [1.54, 1.807) is 0 Å². The molecule has 0 aliphatic heterocycles. The van der Waals surface area contributed by atoms with Crippen LogP contribution >= 0.6 is 11.3 Å². The lowest BCUT2D eigenvalue weighted by Crippen LogP contribution is -2.17. The fraction of sp³-hybridized carbons (Fsp3) is 0.538. The van der Waals surface area contributed by atoms with Crippen LogP contribution in [0.15, 0.2) is 0 Å². The number of nitriles is 1. The highest BCUT2D eigenvalue weighted by atomic mass is 32.1. The average Bonchev–Trinajstić information content (AvgIpc) is 2.65. The number of carbonyl (C=O) groups excluding carboxylic acids is 1. The molecule has 0 bridgehead atoms. The molecule has 1 amide bonds. The first-order valence-electron chi connectivity index (χ1n) is 5.99. The predicted molar refractivity (Wildman–Crippen MR) is 70.7 cm³/mol. The predicted octanol–water partition coefficient (Wildman–Crippen LogP) is 2.33. The van der Waals surface area contributed by atoms with Crippen LogP contribution in [0.2, 0.25) is 0 Å². The van der Waals surface area contributed by atoms with Crippen molar-refractivity contribution in [3.63, 3.8) is 0 Å². The Morgan fingerprint density at radius 3 is 3.11 bits per heavy atom. The van der Waals surface area contributed by atoms with Gasteiger partial charge < -0.3 is 10.1 Å². The van der Waals surface area contributed by atoms with Gasteiger partial charge in [-0.05, 0) is 30.7 Å². The summed E-state index contributed by atoms with van der Waals surface area (Å²) in [6.07, 6.45) is 3.06. The van der Waals surface area contributed by atoms with Crippen molar-refractivity contribution in [1.29, 1.82) is 5.26 Å². The Morgan fingerprint density at radius 2 is 2.44 bits per heavy atom. The lowest BCUT2D eigenvalue weighted by molar-refractivity contribution is -0.119. The van der Waals surface area contributed by atoms with Crippen molar-refractivity contribution in [1.82, 2.24) is 0 Å². The number of hydrogen-bond acceptors (Lipinski definition) is 4. The van der Waals surface area contributed by atoms with Crippen LogP contribution in [-0.2, 0) is 22.4 Å². The number of fused-ring (bicyclic) bond motifs is 1. The van der Waals surface area contributed by atoms with Gasteiger partial charge in [0.25, 0.3) is 5.91 Å². The van der Waals surface area contributed by atoms with Crippen LogP contribution in [0.3, 0.4) is 0 Å². The number of rotatable bonds is 3. The van der Waals surface area contributed by atoms with Crippen molar-refractivity contribution in [3.8, 4) is 6.07 Å². The van der Waals surface area contributed by atoms with Crippen molar-refractivity contribution in [2.24, 2.45) is 5.92 Å². The summed E-state index contributed by atoms with van der Waals surface area (Å²) >= 11 is 1.53. The number of anilines is 1. The Hall–Kier alpha value is -1.38. The lowest BCUT2D eigenvalue weighted by Gasteiger charge is -2.17. The summed E-state index contributed by atoms with van der Waals surface area (Å²) < 4.78 is 4.78. The van der Waals surface area contributed by atoms with E-state index in [0.717, 1.165) is 24.8 Å². The monoisotopic (exact) mass is 264 g/mol. The Balaban J connectivity index is 2.26. The number of carbonyl (C=O) groups is 1. The molecule has 0 radical (unpaired) electrons. The van der Waals surface area contributed by atoms with Gasteiger partial charge in [0.2, 0.25) is 0 Å². The Bertz CT molecular complexity index is 502. The van der Waals surface area contributed by atoms with E-state index in [2.05, 4.69) is 18.3 Å². The molecule has 1 aliphatic rings. The van der Waals surface area contributed by atoms with E-state index in [9.17, 15) is 10.1 Å². The molecule has 0 saturated carbocycles. The van der Waals surface area contributed by atoms with Gasteiger partial charge >= 0.3 is 0 Å². The quantitative estimate of drug-likeness (QED) is 0.911. The van der Waals surface area contributed by atoms with Gasteiger partial charge in [-0.15, -0.1) is 11.3 Å². The number of methoxy groups -OCH3 is 1. The van der Waals surface area contributed by atoms with Crippen molar-refractivity contribution in [3.05, 3.63) is 16.0 Å². The molecule has 2 rings (SSSR count). The summed E-state index contributed by atoms with van der Waals surface area (Å²) in [4.78, 5) is 12.8. The smallest absolute Gasteiger partial charge is 0.250 e. The first-order valence-corrected chi connectivity index (χ1v) is 6.80. The molecule has 0 saturated heterocycles. The molecule has 0 aromatic carbocycles. The maximum atomic E-state index is 11.5. The molecule has 1 N–H and O–H groups in total. The molecule has 1 heterocycles. The second-order valence-corrected chi connectivity index (χ2v) is 5.75. The largest absolute Gasteiger partial charge is 0.375 e. The van der Waals surface area contributed by atoms with Gasteiger partial charge in [0, 0.05) is 12.0 Å². The maximum Gasteiger partial charge on any atom is 0.250 e. The average molecular weight is 264 g/mol. The molecule has 1 atom stereocenters. The normalized spacial score (nSPS) is 17.9.